The lowest BCUT2D eigenvalue weighted by atomic mass is 9.95. The molecule has 0 radical (unpaired) electrons. The molecule has 30 heavy (non-hydrogen) atoms. The Morgan fingerprint density at radius 3 is 2.57 bits per heavy atom. The molecule has 0 aromatic carbocycles. The fourth-order valence-corrected chi connectivity index (χ4v) is 4.59. The van der Waals surface area contributed by atoms with Gasteiger partial charge in [0.05, 0.1) is 33.5 Å². The van der Waals surface area contributed by atoms with E-state index in [1.807, 2.05) is 17.7 Å². The van der Waals surface area contributed by atoms with Crippen molar-refractivity contribution in [2.24, 2.45) is 0 Å². The van der Waals surface area contributed by atoms with Crippen molar-refractivity contribution in [2.75, 3.05) is 6.54 Å². The van der Waals surface area contributed by atoms with Gasteiger partial charge < -0.3 is 14.6 Å². The number of hydrogen-bond donors (Lipinski definition) is 1. The number of carbonyl (C=O) groups excluding carboxylic acids is 2. The third-order valence-corrected chi connectivity index (χ3v) is 6.13. The highest BCUT2D eigenvalue weighted by molar-refractivity contribution is 7.14. The highest BCUT2D eigenvalue weighted by Gasteiger charge is 2.44. The van der Waals surface area contributed by atoms with Gasteiger partial charge in [-0.25, -0.2) is 9.97 Å². The van der Waals surface area contributed by atoms with Crippen LogP contribution in [0.3, 0.4) is 0 Å². The lowest BCUT2D eigenvalue weighted by molar-refractivity contribution is -0.129. The molecular weight excluding hydrogens is 402 g/mol. The summed E-state index contributed by atoms with van der Waals surface area (Å²) >= 11 is 1.27. The van der Waals surface area contributed by atoms with E-state index in [-0.39, 0.29) is 11.4 Å². The molecule has 0 saturated carbocycles. The number of thiazole rings is 1. The maximum atomic E-state index is 13.4. The van der Waals surface area contributed by atoms with Crippen LogP contribution < -0.4 is 0 Å². The summed E-state index contributed by atoms with van der Waals surface area (Å²) in [6, 6.07) is 2.85. The van der Waals surface area contributed by atoms with E-state index in [0.717, 1.165) is 10.6 Å². The zero-order chi connectivity index (χ0) is 21.3. The number of aliphatic hydroxyl groups excluding tert-OH is 1. The van der Waals surface area contributed by atoms with Gasteiger partial charge in [-0.2, -0.15) is 0 Å². The number of ketones is 1. The predicted octanol–water partition coefficient (Wildman–Crippen LogP) is 3.02. The molecule has 8 nitrogen and oxygen atoms in total. The Labute approximate surface area is 177 Å². The fourth-order valence-electron chi connectivity index (χ4n) is 3.72. The summed E-state index contributed by atoms with van der Waals surface area (Å²) in [7, 11) is 0. The molecular formula is C21H21N5O3S. The van der Waals surface area contributed by atoms with Crippen molar-refractivity contribution in [3.8, 4) is 0 Å². The summed E-state index contributed by atoms with van der Waals surface area (Å²) in [5.74, 6) is -1.39. The minimum absolute atomic E-state index is 0.0978. The summed E-state index contributed by atoms with van der Waals surface area (Å²) in [4.78, 5) is 40.7. The number of aromatic nitrogens is 4. The van der Waals surface area contributed by atoms with Gasteiger partial charge in [0.25, 0.3) is 5.91 Å². The molecule has 9 heteroatoms. The first-order valence-electron chi connectivity index (χ1n) is 9.56. The van der Waals surface area contributed by atoms with E-state index in [1.165, 1.54) is 11.3 Å². The van der Waals surface area contributed by atoms with Gasteiger partial charge in [-0.1, -0.05) is 0 Å². The molecule has 154 valence electrons. The molecule has 0 bridgehead atoms. The van der Waals surface area contributed by atoms with Gasteiger partial charge in [0.1, 0.15) is 0 Å². The molecule has 1 aliphatic rings. The van der Waals surface area contributed by atoms with E-state index >= 15 is 0 Å². The molecule has 1 atom stereocenters. The third kappa shape index (κ3) is 3.63. The van der Waals surface area contributed by atoms with Gasteiger partial charge in [0.2, 0.25) is 5.78 Å². The van der Waals surface area contributed by atoms with E-state index in [9.17, 15) is 14.7 Å². The number of imidazole rings is 1. The van der Waals surface area contributed by atoms with Gasteiger partial charge in [0.15, 0.2) is 5.76 Å². The summed E-state index contributed by atoms with van der Waals surface area (Å²) in [5, 5.41) is 11.5. The molecule has 0 fully saturated rings. The second kappa shape index (κ2) is 8.19. The van der Waals surface area contributed by atoms with Crippen molar-refractivity contribution in [2.45, 2.75) is 32.9 Å². The maximum Gasteiger partial charge on any atom is 0.290 e. The van der Waals surface area contributed by atoms with Crippen molar-refractivity contribution >= 4 is 23.0 Å². The van der Waals surface area contributed by atoms with Gasteiger partial charge in [-0.05, 0) is 38.0 Å². The van der Waals surface area contributed by atoms with Crippen LogP contribution in [0.5, 0.6) is 0 Å². The van der Waals surface area contributed by atoms with Gasteiger partial charge in [-0.3, -0.25) is 14.6 Å². The first-order valence-corrected chi connectivity index (χ1v) is 10.4. The first-order chi connectivity index (χ1) is 14.5. The van der Waals surface area contributed by atoms with Crippen LogP contribution in [-0.4, -0.2) is 47.8 Å². The van der Waals surface area contributed by atoms with Crippen LogP contribution in [0.15, 0.2) is 54.6 Å². The highest BCUT2D eigenvalue weighted by Crippen LogP contribution is 2.40. The average molecular weight is 423 g/mol. The van der Waals surface area contributed by atoms with Crippen LogP contribution >= 0.6 is 11.3 Å². The van der Waals surface area contributed by atoms with Crippen molar-refractivity contribution < 1.29 is 14.7 Å². The number of rotatable bonds is 7. The van der Waals surface area contributed by atoms with E-state index in [4.69, 9.17) is 0 Å². The Morgan fingerprint density at radius 2 is 1.93 bits per heavy atom. The Morgan fingerprint density at radius 1 is 1.17 bits per heavy atom. The van der Waals surface area contributed by atoms with Crippen molar-refractivity contribution in [1.29, 1.82) is 0 Å². The Kier molecular flexibility index (Phi) is 5.45. The van der Waals surface area contributed by atoms with Gasteiger partial charge in [0, 0.05) is 37.9 Å². The third-order valence-electron chi connectivity index (χ3n) is 5.05. The molecule has 4 heterocycles. The van der Waals surface area contributed by atoms with E-state index in [2.05, 4.69) is 15.0 Å². The van der Waals surface area contributed by atoms with Crippen LogP contribution in [0, 0.1) is 13.8 Å². The maximum absolute atomic E-state index is 13.4. The van der Waals surface area contributed by atoms with Crippen LogP contribution in [0.1, 0.15) is 38.4 Å². The predicted molar refractivity (Wildman–Crippen MR) is 111 cm³/mol. The Hall–Kier alpha value is -3.33. The second-order valence-electron chi connectivity index (χ2n) is 7.07. The number of hydrogen-bond acceptors (Lipinski definition) is 7. The molecule has 3 aromatic heterocycles. The number of aliphatic hydroxyl groups is 1. The molecule has 1 aliphatic heterocycles. The SMILES string of the molecule is Cc1nc(C)c(C(=O)C2=C(O)C(=O)N(CCCn3ccnc3)[C@H]2c2ccncc2)s1. The number of carbonyl (C=O) groups is 2. The number of Topliss-reactive ketones (excluding diaryl/α,β-unsaturated/α-hetero) is 1. The molecule has 0 saturated heterocycles. The number of pyridine rings is 1. The smallest absolute Gasteiger partial charge is 0.290 e. The van der Waals surface area contributed by atoms with Crippen LogP contribution in [-0.2, 0) is 11.3 Å². The zero-order valence-corrected chi connectivity index (χ0v) is 17.5. The van der Waals surface area contributed by atoms with E-state index < -0.39 is 17.7 Å². The quantitative estimate of drug-likeness (QED) is 0.586. The largest absolute Gasteiger partial charge is 0.503 e. The average Bonchev–Trinajstić information content (AvgIpc) is 3.43. The highest BCUT2D eigenvalue weighted by atomic mass is 32.1. The molecule has 1 amide bonds. The van der Waals surface area contributed by atoms with E-state index in [1.54, 1.807) is 48.9 Å². The normalized spacial score (nSPS) is 16.5. The van der Waals surface area contributed by atoms with Crippen LogP contribution in [0.4, 0.5) is 0 Å². The summed E-state index contributed by atoms with van der Waals surface area (Å²) in [5.41, 5.74) is 1.43. The topological polar surface area (TPSA) is 101 Å². The Balaban J connectivity index is 1.67. The zero-order valence-electron chi connectivity index (χ0n) is 16.6. The molecule has 0 aliphatic carbocycles. The van der Waals surface area contributed by atoms with Crippen molar-refractivity contribution in [3.05, 3.63) is 75.7 Å². The first kappa shape index (κ1) is 20.0. The minimum atomic E-state index is -0.669. The van der Waals surface area contributed by atoms with Crippen LogP contribution in [0.2, 0.25) is 0 Å². The lowest BCUT2D eigenvalue weighted by Crippen LogP contribution is -2.32. The molecule has 4 rings (SSSR count). The lowest BCUT2D eigenvalue weighted by Gasteiger charge is -2.26. The van der Waals surface area contributed by atoms with E-state index in [0.29, 0.717) is 30.1 Å². The molecule has 0 unspecified atom stereocenters. The summed E-state index contributed by atoms with van der Waals surface area (Å²) in [6.07, 6.45) is 9.14. The standard InChI is InChI=1S/C21H21N5O3S/c1-13-20(30-14(2)24-13)18(27)16-17(15-4-6-22-7-5-15)26(21(29)19(16)28)10-3-9-25-11-8-23-12-25/h4-8,11-12,17,28H,3,9-10H2,1-2H3/t17-/m0/s1. The molecule has 0 spiro atoms. The number of nitrogens with zero attached hydrogens (tertiary/aromatic N) is 5. The van der Waals surface area contributed by atoms with Crippen molar-refractivity contribution in [1.82, 2.24) is 24.4 Å². The van der Waals surface area contributed by atoms with Gasteiger partial charge in [-0.15, -0.1) is 11.3 Å². The fraction of sp³-hybridized carbons (Fsp3) is 0.286. The Bertz CT molecular complexity index is 1110. The summed E-state index contributed by atoms with van der Waals surface area (Å²) < 4.78 is 1.92. The molecule has 3 aromatic rings. The number of amides is 1. The summed E-state index contributed by atoms with van der Waals surface area (Å²) in [6.45, 7) is 4.64. The van der Waals surface area contributed by atoms with Crippen LogP contribution in [0.25, 0.3) is 0 Å². The number of aryl methyl sites for hydroxylation is 3. The molecule has 1 N–H and O–H groups in total. The second-order valence-corrected chi connectivity index (χ2v) is 8.28. The van der Waals surface area contributed by atoms with Gasteiger partial charge >= 0.3 is 0 Å². The monoisotopic (exact) mass is 423 g/mol. The van der Waals surface area contributed by atoms with Crippen molar-refractivity contribution in [3.63, 3.8) is 0 Å². The minimum Gasteiger partial charge on any atom is -0.503 e.